The van der Waals surface area contributed by atoms with Crippen LogP contribution in [0.4, 0.5) is 0 Å². The van der Waals surface area contributed by atoms with Gasteiger partial charge in [0, 0.05) is 37.2 Å². The van der Waals surface area contributed by atoms with Gasteiger partial charge in [0.15, 0.2) is 5.78 Å². The van der Waals surface area contributed by atoms with E-state index in [9.17, 15) is 14.7 Å². The summed E-state index contributed by atoms with van der Waals surface area (Å²) in [5.41, 5.74) is 0.0900. The number of ketones is 1. The quantitative estimate of drug-likeness (QED) is 0.674. The zero-order valence-electron chi connectivity index (χ0n) is 15.1. The maximum atomic E-state index is 12.1. The van der Waals surface area contributed by atoms with Gasteiger partial charge in [-0.15, -0.1) is 0 Å². The first-order valence-corrected chi connectivity index (χ1v) is 8.41. The van der Waals surface area contributed by atoms with E-state index in [1.165, 1.54) is 29.4 Å². The molecule has 5 heteroatoms. The fraction of sp³-hybridized carbons (Fsp3) is 0.182. The molecule has 0 aliphatic heterocycles. The van der Waals surface area contributed by atoms with E-state index in [1.54, 1.807) is 50.5 Å². The average Bonchev–Trinajstić information content (AvgIpc) is 3.26. The summed E-state index contributed by atoms with van der Waals surface area (Å²) in [6, 6.07) is 10.3. The number of nitrogens with zero attached hydrogens (tertiary/aromatic N) is 1. The summed E-state index contributed by atoms with van der Waals surface area (Å²) >= 11 is 0. The average molecular weight is 361 g/mol. The number of furan rings is 1. The van der Waals surface area contributed by atoms with Gasteiger partial charge in [-0.25, -0.2) is 0 Å². The molecule has 1 aromatic carbocycles. The Bertz CT molecular complexity index is 970. The molecule has 5 nitrogen and oxygen atoms in total. The molecule has 3 rings (SSSR count). The standard InChI is InChI=1S/C22H19NO4/c1-23(2)21(25)17-9-7-16(8-10-17)5-3-12-22(26)13-11-20(24)19(22)15-18-6-4-14-27-18/h4,6-11,13-15,26H,12H2,1-2H3/b19-15-. The summed E-state index contributed by atoms with van der Waals surface area (Å²) in [5, 5.41) is 10.8. The molecule has 1 heterocycles. The Balaban J connectivity index is 1.75. The lowest BCUT2D eigenvalue weighted by Gasteiger charge is -2.19. The van der Waals surface area contributed by atoms with Crippen LogP contribution in [0.5, 0.6) is 0 Å². The highest BCUT2D eigenvalue weighted by atomic mass is 16.3. The van der Waals surface area contributed by atoms with Gasteiger partial charge in [-0.1, -0.05) is 11.8 Å². The van der Waals surface area contributed by atoms with Crippen molar-refractivity contribution in [3.8, 4) is 11.8 Å². The predicted molar refractivity (Wildman–Crippen MR) is 102 cm³/mol. The number of rotatable bonds is 3. The van der Waals surface area contributed by atoms with Crippen molar-refractivity contribution < 1.29 is 19.1 Å². The van der Waals surface area contributed by atoms with Gasteiger partial charge >= 0.3 is 0 Å². The van der Waals surface area contributed by atoms with E-state index >= 15 is 0 Å². The summed E-state index contributed by atoms with van der Waals surface area (Å²) in [7, 11) is 3.39. The van der Waals surface area contributed by atoms with E-state index in [-0.39, 0.29) is 23.7 Å². The van der Waals surface area contributed by atoms with Gasteiger partial charge in [0.1, 0.15) is 11.4 Å². The lowest BCUT2D eigenvalue weighted by Crippen LogP contribution is -2.27. The molecule has 1 atom stereocenters. The number of hydrogen-bond acceptors (Lipinski definition) is 4. The number of amides is 1. The molecule has 0 fully saturated rings. The lowest BCUT2D eigenvalue weighted by atomic mass is 9.92. The van der Waals surface area contributed by atoms with Crippen LogP contribution in [-0.4, -0.2) is 41.4 Å². The Labute approximate surface area is 157 Å². The molecule has 0 radical (unpaired) electrons. The van der Waals surface area contributed by atoms with Gasteiger partial charge in [-0.05, 0) is 54.6 Å². The first-order valence-electron chi connectivity index (χ1n) is 8.41. The van der Waals surface area contributed by atoms with Gasteiger partial charge in [0.05, 0.1) is 6.26 Å². The Morgan fingerprint density at radius 2 is 2.00 bits per heavy atom. The first-order chi connectivity index (χ1) is 12.9. The molecule has 1 aromatic heterocycles. The SMILES string of the molecule is CN(C)C(=O)c1ccc(C#CCC2(O)C=CC(=O)/C2=C/c2ccco2)cc1. The maximum Gasteiger partial charge on any atom is 0.253 e. The van der Waals surface area contributed by atoms with Crippen molar-refractivity contribution in [3.63, 3.8) is 0 Å². The van der Waals surface area contributed by atoms with E-state index in [4.69, 9.17) is 4.42 Å². The monoisotopic (exact) mass is 361 g/mol. The number of hydrogen-bond donors (Lipinski definition) is 1. The molecular formula is C22H19NO4. The van der Waals surface area contributed by atoms with E-state index in [2.05, 4.69) is 11.8 Å². The number of aliphatic hydroxyl groups is 1. The molecule has 1 N–H and O–H groups in total. The fourth-order valence-electron chi connectivity index (χ4n) is 2.71. The lowest BCUT2D eigenvalue weighted by molar-refractivity contribution is -0.111. The number of allylic oxidation sites excluding steroid dienone is 1. The molecule has 0 saturated carbocycles. The normalized spacial score (nSPS) is 19.8. The van der Waals surface area contributed by atoms with Crippen LogP contribution in [0.3, 0.4) is 0 Å². The van der Waals surface area contributed by atoms with Crippen molar-refractivity contribution in [2.45, 2.75) is 12.0 Å². The summed E-state index contributed by atoms with van der Waals surface area (Å²) < 4.78 is 5.22. The third-order valence-corrected chi connectivity index (χ3v) is 4.20. The van der Waals surface area contributed by atoms with Crippen molar-refractivity contribution in [1.82, 2.24) is 4.90 Å². The summed E-state index contributed by atoms with van der Waals surface area (Å²) in [4.78, 5) is 25.5. The minimum Gasteiger partial charge on any atom is -0.465 e. The highest BCUT2D eigenvalue weighted by molar-refractivity contribution is 6.11. The van der Waals surface area contributed by atoms with Gasteiger partial charge in [0.2, 0.25) is 0 Å². The molecule has 1 aliphatic rings. The third-order valence-electron chi connectivity index (χ3n) is 4.20. The minimum atomic E-state index is -1.45. The van der Waals surface area contributed by atoms with Crippen molar-refractivity contribution in [2.75, 3.05) is 14.1 Å². The van der Waals surface area contributed by atoms with Crippen molar-refractivity contribution in [2.24, 2.45) is 0 Å². The third kappa shape index (κ3) is 4.08. The Morgan fingerprint density at radius 1 is 1.26 bits per heavy atom. The molecule has 1 aliphatic carbocycles. The second-order valence-electron chi connectivity index (χ2n) is 6.45. The molecule has 0 bridgehead atoms. The zero-order chi connectivity index (χ0) is 19.4. The second-order valence-corrected chi connectivity index (χ2v) is 6.45. The molecule has 0 saturated heterocycles. The van der Waals surface area contributed by atoms with Gasteiger partial charge < -0.3 is 14.4 Å². The van der Waals surface area contributed by atoms with Crippen LogP contribution in [0.1, 0.15) is 28.1 Å². The second kappa shape index (κ2) is 7.48. The number of carbonyl (C=O) groups is 2. The smallest absolute Gasteiger partial charge is 0.253 e. The fourth-order valence-corrected chi connectivity index (χ4v) is 2.71. The van der Waals surface area contributed by atoms with Crippen LogP contribution in [0.15, 0.2) is 64.8 Å². The van der Waals surface area contributed by atoms with Crippen LogP contribution >= 0.6 is 0 Å². The molecule has 1 amide bonds. The maximum absolute atomic E-state index is 12.1. The number of benzene rings is 1. The first kappa shape index (κ1) is 18.4. The van der Waals surface area contributed by atoms with E-state index < -0.39 is 5.60 Å². The zero-order valence-corrected chi connectivity index (χ0v) is 15.1. The summed E-state index contributed by atoms with van der Waals surface area (Å²) in [6.07, 6.45) is 5.91. The molecular weight excluding hydrogens is 342 g/mol. The topological polar surface area (TPSA) is 70.8 Å². The largest absolute Gasteiger partial charge is 0.465 e. The van der Waals surface area contributed by atoms with Crippen LogP contribution in [0.2, 0.25) is 0 Å². The van der Waals surface area contributed by atoms with E-state index in [0.717, 1.165) is 5.56 Å². The summed E-state index contributed by atoms with van der Waals surface area (Å²) in [5.74, 6) is 6.03. The Morgan fingerprint density at radius 3 is 2.63 bits per heavy atom. The van der Waals surface area contributed by atoms with Crippen LogP contribution in [0.25, 0.3) is 6.08 Å². The predicted octanol–water partition coefficient (Wildman–Crippen LogP) is 2.68. The van der Waals surface area contributed by atoms with Crippen molar-refractivity contribution in [3.05, 3.63) is 77.3 Å². The molecule has 2 aromatic rings. The molecule has 1 unspecified atom stereocenters. The van der Waals surface area contributed by atoms with Crippen LogP contribution in [-0.2, 0) is 4.79 Å². The van der Waals surface area contributed by atoms with Gasteiger partial charge in [-0.2, -0.15) is 0 Å². The highest BCUT2D eigenvalue weighted by Crippen LogP contribution is 2.31. The molecule has 0 spiro atoms. The molecule has 27 heavy (non-hydrogen) atoms. The minimum absolute atomic E-state index is 0.0696. The van der Waals surface area contributed by atoms with Crippen molar-refractivity contribution in [1.29, 1.82) is 0 Å². The van der Waals surface area contributed by atoms with E-state index in [1.807, 2.05) is 0 Å². The van der Waals surface area contributed by atoms with Crippen LogP contribution < -0.4 is 0 Å². The van der Waals surface area contributed by atoms with E-state index in [0.29, 0.717) is 11.3 Å². The van der Waals surface area contributed by atoms with Crippen molar-refractivity contribution >= 4 is 17.8 Å². The highest BCUT2D eigenvalue weighted by Gasteiger charge is 2.36. The van der Waals surface area contributed by atoms with Gasteiger partial charge in [0.25, 0.3) is 5.91 Å². The Kier molecular flexibility index (Phi) is 5.11. The molecule has 136 valence electrons. The number of carbonyl (C=O) groups excluding carboxylic acids is 2. The van der Waals surface area contributed by atoms with Gasteiger partial charge in [-0.3, -0.25) is 9.59 Å². The van der Waals surface area contributed by atoms with Crippen LogP contribution in [0, 0.1) is 11.8 Å². The summed E-state index contributed by atoms with van der Waals surface area (Å²) in [6.45, 7) is 0. The Hall–Kier alpha value is -3.36.